The van der Waals surface area contributed by atoms with Gasteiger partial charge in [-0.3, -0.25) is 0 Å². The summed E-state index contributed by atoms with van der Waals surface area (Å²) < 4.78 is 38.1. The number of halogens is 3. The number of benzene rings is 1. The second-order valence-corrected chi connectivity index (χ2v) is 6.51. The number of anilines is 1. The first kappa shape index (κ1) is 15.2. The fraction of sp³-hybridized carbons (Fsp3) is 0.600. The number of rotatable bonds is 2. The Morgan fingerprint density at radius 2 is 1.80 bits per heavy atom. The molecule has 0 radical (unpaired) electrons. The lowest BCUT2D eigenvalue weighted by Crippen LogP contribution is -2.52. The van der Waals surface area contributed by atoms with Gasteiger partial charge >= 0.3 is 6.18 Å². The molecule has 2 nitrogen and oxygen atoms in total. The predicted molar refractivity (Wildman–Crippen MR) is 74.5 cm³/mol. The highest BCUT2D eigenvalue weighted by atomic mass is 19.4. The standard InChI is InChI=1S/C15H21F3N2/c1-14(2,3)12-8-20(9-12)13-5-4-11(15(16,17)18)6-10(13)7-19/h4-6,12H,7-9,19H2,1-3H3. The van der Waals surface area contributed by atoms with E-state index in [9.17, 15) is 13.2 Å². The Balaban J connectivity index is 2.18. The second-order valence-electron chi connectivity index (χ2n) is 6.51. The quantitative estimate of drug-likeness (QED) is 0.899. The molecular weight excluding hydrogens is 265 g/mol. The van der Waals surface area contributed by atoms with E-state index in [2.05, 4.69) is 25.7 Å². The Kier molecular flexibility index (Phi) is 3.75. The molecule has 5 heteroatoms. The van der Waals surface area contributed by atoms with Crippen molar-refractivity contribution in [1.29, 1.82) is 0 Å². The maximum absolute atomic E-state index is 12.7. The molecule has 0 atom stereocenters. The van der Waals surface area contributed by atoms with E-state index in [4.69, 9.17) is 5.73 Å². The van der Waals surface area contributed by atoms with Gasteiger partial charge in [-0.1, -0.05) is 20.8 Å². The zero-order valence-corrected chi connectivity index (χ0v) is 12.1. The average Bonchev–Trinajstić information content (AvgIpc) is 2.23. The van der Waals surface area contributed by atoms with E-state index in [0.717, 1.165) is 24.8 Å². The van der Waals surface area contributed by atoms with Crippen molar-refractivity contribution in [2.45, 2.75) is 33.5 Å². The van der Waals surface area contributed by atoms with E-state index in [1.807, 2.05) is 0 Å². The van der Waals surface area contributed by atoms with Gasteiger partial charge < -0.3 is 10.6 Å². The Morgan fingerprint density at radius 1 is 1.20 bits per heavy atom. The minimum absolute atomic E-state index is 0.121. The molecule has 2 N–H and O–H groups in total. The van der Waals surface area contributed by atoms with E-state index in [1.165, 1.54) is 6.07 Å². The van der Waals surface area contributed by atoms with Gasteiger partial charge in [-0.25, -0.2) is 0 Å². The summed E-state index contributed by atoms with van der Waals surface area (Å²) in [5, 5.41) is 0. The van der Waals surface area contributed by atoms with Crippen LogP contribution in [0.4, 0.5) is 18.9 Å². The van der Waals surface area contributed by atoms with Crippen molar-refractivity contribution in [1.82, 2.24) is 0 Å². The molecule has 1 heterocycles. The zero-order chi connectivity index (χ0) is 15.1. The van der Waals surface area contributed by atoms with Gasteiger partial charge in [-0.15, -0.1) is 0 Å². The maximum Gasteiger partial charge on any atom is 0.416 e. The summed E-state index contributed by atoms with van der Waals surface area (Å²) in [4.78, 5) is 2.11. The third-order valence-electron chi connectivity index (χ3n) is 4.07. The molecule has 1 aromatic rings. The summed E-state index contributed by atoms with van der Waals surface area (Å²) in [5.74, 6) is 0.565. The second kappa shape index (κ2) is 4.95. The average molecular weight is 286 g/mol. The smallest absolute Gasteiger partial charge is 0.371 e. The van der Waals surface area contributed by atoms with Crippen molar-refractivity contribution < 1.29 is 13.2 Å². The third-order valence-corrected chi connectivity index (χ3v) is 4.07. The number of nitrogens with two attached hydrogens (primary N) is 1. The summed E-state index contributed by atoms with van der Waals surface area (Å²) in [6, 6.07) is 3.85. The molecule has 0 unspecified atom stereocenters. The van der Waals surface area contributed by atoms with Crippen LogP contribution in [0.15, 0.2) is 18.2 Å². The molecule has 20 heavy (non-hydrogen) atoms. The van der Waals surface area contributed by atoms with Crippen LogP contribution < -0.4 is 10.6 Å². The summed E-state index contributed by atoms with van der Waals surface area (Å²) in [6.07, 6.45) is -4.31. The topological polar surface area (TPSA) is 29.3 Å². The van der Waals surface area contributed by atoms with Gasteiger partial charge in [0.15, 0.2) is 0 Å². The SMILES string of the molecule is CC(C)(C)C1CN(c2ccc(C(F)(F)F)cc2CN)C1. The molecule has 1 aliphatic rings. The van der Waals surface area contributed by atoms with E-state index >= 15 is 0 Å². The molecule has 1 aromatic carbocycles. The normalized spacial score (nSPS) is 17.2. The van der Waals surface area contributed by atoms with Gasteiger partial charge in [0.25, 0.3) is 0 Å². The van der Waals surface area contributed by atoms with E-state index in [0.29, 0.717) is 11.5 Å². The third kappa shape index (κ3) is 2.92. The van der Waals surface area contributed by atoms with Crippen molar-refractivity contribution in [3.05, 3.63) is 29.3 Å². The predicted octanol–water partition coefficient (Wildman–Crippen LogP) is 3.65. The maximum atomic E-state index is 12.7. The minimum atomic E-state index is -4.31. The van der Waals surface area contributed by atoms with Crippen LogP contribution in [0.3, 0.4) is 0 Å². The largest absolute Gasteiger partial charge is 0.416 e. The van der Waals surface area contributed by atoms with Crippen molar-refractivity contribution in [2.24, 2.45) is 17.1 Å². The lowest BCUT2D eigenvalue weighted by Gasteiger charge is -2.48. The van der Waals surface area contributed by atoms with Crippen molar-refractivity contribution in [3.63, 3.8) is 0 Å². The summed E-state index contributed by atoms with van der Waals surface area (Å²) >= 11 is 0. The van der Waals surface area contributed by atoms with Crippen molar-refractivity contribution in [3.8, 4) is 0 Å². The molecule has 0 aliphatic carbocycles. The first-order valence-electron chi connectivity index (χ1n) is 6.78. The van der Waals surface area contributed by atoms with E-state index in [1.54, 1.807) is 6.07 Å². The highest BCUT2D eigenvalue weighted by molar-refractivity contribution is 5.57. The van der Waals surface area contributed by atoms with Crippen LogP contribution in [0.25, 0.3) is 0 Å². The van der Waals surface area contributed by atoms with Crippen molar-refractivity contribution in [2.75, 3.05) is 18.0 Å². The van der Waals surface area contributed by atoms with Gasteiger partial charge in [0.05, 0.1) is 5.56 Å². The van der Waals surface area contributed by atoms with E-state index in [-0.39, 0.29) is 12.0 Å². The summed E-state index contributed by atoms with van der Waals surface area (Å²) in [6.45, 7) is 8.43. The zero-order valence-electron chi connectivity index (χ0n) is 12.1. The fourth-order valence-electron chi connectivity index (χ4n) is 2.46. The number of alkyl halides is 3. The molecule has 0 spiro atoms. The Bertz CT molecular complexity index is 483. The Hall–Kier alpha value is -1.23. The fourth-order valence-corrected chi connectivity index (χ4v) is 2.46. The van der Waals surface area contributed by atoms with Gasteiger partial charge in [-0.05, 0) is 35.1 Å². The van der Waals surface area contributed by atoms with Crippen LogP contribution in [0.5, 0.6) is 0 Å². The summed E-state index contributed by atoms with van der Waals surface area (Å²) in [7, 11) is 0. The number of nitrogens with zero attached hydrogens (tertiary/aromatic N) is 1. The Morgan fingerprint density at radius 3 is 2.25 bits per heavy atom. The van der Waals surface area contributed by atoms with Crippen molar-refractivity contribution >= 4 is 5.69 Å². The number of hydrogen-bond acceptors (Lipinski definition) is 2. The van der Waals surface area contributed by atoms with Crippen LogP contribution in [-0.4, -0.2) is 13.1 Å². The Labute approximate surface area is 117 Å². The molecular formula is C15H21F3N2. The molecule has 1 aliphatic heterocycles. The van der Waals surface area contributed by atoms with Crippen LogP contribution in [-0.2, 0) is 12.7 Å². The molecule has 0 bridgehead atoms. The van der Waals surface area contributed by atoms with Gasteiger partial charge in [0.1, 0.15) is 0 Å². The number of hydrogen-bond donors (Lipinski definition) is 1. The first-order valence-corrected chi connectivity index (χ1v) is 6.78. The minimum Gasteiger partial charge on any atom is -0.371 e. The van der Waals surface area contributed by atoms with Gasteiger partial charge in [-0.2, -0.15) is 13.2 Å². The highest BCUT2D eigenvalue weighted by Gasteiger charge is 2.37. The highest BCUT2D eigenvalue weighted by Crippen LogP contribution is 2.39. The first-order chi connectivity index (χ1) is 9.13. The summed E-state index contributed by atoms with van der Waals surface area (Å²) in [5.41, 5.74) is 6.60. The molecule has 0 saturated carbocycles. The molecule has 1 fully saturated rings. The van der Waals surface area contributed by atoms with Gasteiger partial charge in [0.2, 0.25) is 0 Å². The van der Waals surface area contributed by atoms with Crippen LogP contribution >= 0.6 is 0 Å². The molecule has 1 saturated heterocycles. The van der Waals surface area contributed by atoms with Crippen LogP contribution in [0.2, 0.25) is 0 Å². The molecule has 0 aromatic heterocycles. The molecule has 0 amide bonds. The lowest BCUT2D eigenvalue weighted by molar-refractivity contribution is -0.137. The van der Waals surface area contributed by atoms with E-state index < -0.39 is 11.7 Å². The van der Waals surface area contributed by atoms with Crippen LogP contribution in [0.1, 0.15) is 31.9 Å². The van der Waals surface area contributed by atoms with Crippen LogP contribution in [0, 0.1) is 11.3 Å². The molecule has 112 valence electrons. The van der Waals surface area contributed by atoms with Gasteiger partial charge in [0, 0.05) is 25.3 Å². The molecule has 2 rings (SSSR count). The lowest BCUT2D eigenvalue weighted by atomic mass is 9.75. The monoisotopic (exact) mass is 286 g/mol.